The molecule has 1 N–H and O–H groups in total. The van der Waals surface area contributed by atoms with E-state index in [0.717, 1.165) is 30.6 Å². The van der Waals surface area contributed by atoms with E-state index in [1.54, 1.807) is 0 Å². The summed E-state index contributed by atoms with van der Waals surface area (Å²) in [5, 5.41) is 11.2. The van der Waals surface area contributed by atoms with Crippen LogP contribution in [0.4, 0.5) is 5.69 Å². The number of carbonyl (C=O) groups excluding carboxylic acids is 1. The van der Waals surface area contributed by atoms with Gasteiger partial charge in [0.15, 0.2) is 0 Å². The Kier molecular flexibility index (Phi) is 6.66. The number of nitrogens with one attached hydrogen (secondary N) is 1. The molecule has 3 aromatic carbocycles. The zero-order valence-electron chi connectivity index (χ0n) is 19.1. The normalized spacial score (nSPS) is 12.5. The van der Waals surface area contributed by atoms with Crippen LogP contribution in [0.2, 0.25) is 0 Å². The highest BCUT2D eigenvalue weighted by Gasteiger charge is 2.18. The van der Waals surface area contributed by atoms with Gasteiger partial charge in [0.1, 0.15) is 0 Å². The van der Waals surface area contributed by atoms with Crippen molar-refractivity contribution in [1.29, 1.82) is 0 Å². The molecule has 0 unspecified atom stereocenters. The average Bonchev–Trinajstić information content (AvgIpc) is 3.52. The molecule has 4 aromatic rings. The van der Waals surface area contributed by atoms with E-state index in [0.29, 0.717) is 37.6 Å². The van der Waals surface area contributed by atoms with Gasteiger partial charge in [0.2, 0.25) is 17.7 Å². The number of aromatic nitrogens is 2. The van der Waals surface area contributed by atoms with Crippen LogP contribution in [0.25, 0.3) is 11.5 Å². The van der Waals surface area contributed by atoms with Crippen LogP contribution in [0.15, 0.2) is 83.3 Å². The van der Waals surface area contributed by atoms with Gasteiger partial charge < -0.3 is 14.6 Å². The number of hydrogen-bond acceptors (Lipinski definition) is 5. The second-order valence-corrected chi connectivity index (χ2v) is 8.61. The van der Waals surface area contributed by atoms with E-state index in [4.69, 9.17) is 4.42 Å². The first kappa shape index (κ1) is 21.9. The number of nitrogens with zero attached hydrogens (tertiary/aromatic N) is 3. The molecule has 1 aliphatic heterocycles. The van der Waals surface area contributed by atoms with Crippen molar-refractivity contribution in [3.8, 4) is 11.5 Å². The van der Waals surface area contributed by atoms with Crippen molar-refractivity contribution in [3.63, 3.8) is 0 Å². The highest BCUT2D eigenvalue weighted by molar-refractivity contribution is 5.75. The smallest absolute Gasteiger partial charge is 0.247 e. The van der Waals surface area contributed by atoms with Gasteiger partial charge >= 0.3 is 0 Å². The molecule has 5 rings (SSSR count). The Morgan fingerprint density at radius 1 is 0.912 bits per heavy atom. The molecule has 0 aliphatic carbocycles. The molecule has 34 heavy (non-hydrogen) atoms. The Morgan fingerprint density at radius 3 is 2.53 bits per heavy atom. The minimum Gasteiger partial charge on any atom is -0.421 e. The molecule has 6 nitrogen and oxygen atoms in total. The minimum absolute atomic E-state index is 0.0283. The number of carbonyl (C=O) groups is 1. The molecular weight excluding hydrogens is 424 g/mol. The van der Waals surface area contributed by atoms with Gasteiger partial charge in [-0.05, 0) is 47.7 Å². The van der Waals surface area contributed by atoms with Crippen molar-refractivity contribution in [1.82, 2.24) is 15.5 Å². The molecule has 172 valence electrons. The number of amides is 1. The Morgan fingerprint density at radius 2 is 1.68 bits per heavy atom. The van der Waals surface area contributed by atoms with Gasteiger partial charge in [0, 0.05) is 43.7 Å². The van der Waals surface area contributed by atoms with Crippen molar-refractivity contribution in [2.75, 3.05) is 11.4 Å². The van der Waals surface area contributed by atoms with Crippen molar-refractivity contribution < 1.29 is 9.21 Å². The maximum Gasteiger partial charge on any atom is 0.247 e. The molecule has 2 heterocycles. The van der Waals surface area contributed by atoms with Gasteiger partial charge in [-0.25, -0.2) is 0 Å². The predicted molar refractivity (Wildman–Crippen MR) is 132 cm³/mol. The number of rotatable bonds is 9. The maximum absolute atomic E-state index is 12.3. The summed E-state index contributed by atoms with van der Waals surface area (Å²) in [6.07, 6.45) is 2.79. The molecule has 1 amide bonds. The lowest BCUT2D eigenvalue weighted by Crippen LogP contribution is -2.22. The molecule has 0 atom stereocenters. The van der Waals surface area contributed by atoms with Crippen LogP contribution in [-0.2, 0) is 30.7 Å². The summed E-state index contributed by atoms with van der Waals surface area (Å²) < 4.78 is 5.70. The highest BCUT2D eigenvalue weighted by atomic mass is 16.4. The zero-order chi connectivity index (χ0) is 23.2. The summed E-state index contributed by atoms with van der Waals surface area (Å²) in [5.41, 5.74) is 6.05. The monoisotopic (exact) mass is 452 g/mol. The van der Waals surface area contributed by atoms with Gasteiger partial charge in [0.05, 0.1) is 0 Å². The standard InChI is InChI=1S/C28H28N4O2/c33-26(11-6-12-27-30-31-28(34-27)24-8-2-1-3-9-24)29-19-21-13-15-22(16-14-21)20-32-18-17-23-7-4-5-10-25(23)32/h1-5,7-10,13-16H,6,11-12,17-20H2,(H,29,33). The number of aryl methyl sites for hydroxylation is 1. The largest absolute Gasteiger partial charge is 0.421 e. The van der Waals surface area contributed by atoms with Gasteiger partial charge in [-0.15, -0.1) is 10.2 Å². The van der Waals surface area contributed by atoms with E-state index in [-0.39, 0.29) is 5.91 Å². The Hall–Kier alpha value is -3.93. The van der Waals surface area contributed by atoms with E-state index < -0.39 is 0 Å². The zero-order valence-corrected chi connectivity index (χ0v) is 19.1. The van der Waals surface area contributed by atoms with Crippen molar-refractivity contribution in [2.45, 2.75) is 38.8 Å². The number of fused-ring (bicyclic) bond motifs is 1. The summed E-state index contributed by atoms with van der Waals surface area (Å²) in [6, 6.07) is 26.8. The first-order chi connectivity index (χ1) is 16.7. The Labute approximate surface area is 199 Å². The van der Waals surface area contributed by atoms with E-state index >= 15 is 0 Å². The van der Waals surface area contributed by atoms with Crippen LogP contribution in [-0.4, -0.2) is 22.6 Å². The number of anilines is 1. The molecule has 0 saturated carbocycles. The molecule has 0 spiro atoms. The molecule has 6 heteroatoms. The van der Waals surface area contributed by atoms with E-state index in [1.165, 1.54) is 16.8 Å². The maximum atomic E-state index is 12.3. The van der Waals surface area contributed by atoms with Gasteiger partial charge in [0.25, 0.3) is 0 Å². The Balaban J connectivity index is 1.04. The fraction of sp³-hybridized carbons (Fsp3) is 0.250. The second kappa shape index (κ2) is 10.3. The van der Waals surface area contributed by atoms with Crippen LogP contribution in [0, 0.1) is 0 Å². The first-order valence-electron chi connectivity index (χ1n) is 11.8. The highest BCUT2D eigenvalue weighted by Crippen LogP contribution is 2.28. The van der Waals surface area contributed by atoms with Crippen molar-refractivity contribution in [3.05, 3.63) is 101 Å². The van der Waals surface area contributed by atoms with Crippen molar-refractivity contribution in [2.24, 2.45) is 0 Å². The van der Waals surface area contributed by atoms with Crippen LogP contribution in [0.5, 0.6) is 0 Å². The third kappa shape index (κ3) is 5.34. The topological polar surface area (TPSA) is 71.3 Å². The summed E-state index contributed by atoms with van der Waals surface area (Å²) in [6.45, 7) is 2.50. The lowest BCUT2D eigenvalue weighted by molar-refractivity contribution is -0.121. The van der Waals surface area contributed by atoms with E-state index in [2.05, 4.69) is 68.9 Å². The predicted octanol–water partition coefficient (Wildman–Crippen LogP) is 4.94. The fourth-order valence-corrected chi connectivity index (χ4v) is 4.29. The number of benzene rings is 3. The second-order valence-electron chi connectivity index (χ2n) is 8.61. The molecule has 1 aromatic heterocycles. The third-order valence-corrected chi connectivity index (χ3v) is 6.15. The van der Waals surface area contributed by atoms with Crippen LogP contribution in [0.3, 0.4) is 0 Å². The summed E-state index contributed by atoms with van der Waals surface area (Å²) in [7, 11) is 0. The fourth-order valence-electron chi connectivity index (χ4n) is 4.29. The lowest BCUT2D eigenvalue weighted by atomic mass is 10.1. The van der Waals surface area contributed by atoms with Gasteiger partial charge in [-0.2, -0.15) is 0 Å². The average molecular weight is 453 g/mol. The van der Waals surface area contributed by atoms with Crippen molar-refractivity contribution >= 4 is 11.6 Å². The summed E-state index contributed by atoms with van der Waals surface area (Å²) >= 11 is 0. The SMILES string of the molecule is O=C(CCCc1nnc(-c2ccccc2)o1)NCc1ccc(CN2CCc3ccccc32)cc1. The van der Waals surface area contributed by atoms with Crippen LogP contribution >= 0.6 is 0 Å². The summed E-state index contributed by atoms with van der Waals surface area (Å²) in [4.78, 5) is 14.7. The van der Waals surface area contributed by atoms with Gasteiger partial charge in [-0.3, -0.25) is 4.79 Å². The minimum atomic E-state index is 0.0283. The van der Waals surface area contributed by atoms with Crippen LogP contribution < -0.4 is 10.2 Å². The quantitative estimate of drug-likeness (QED) is 0.390. The van der Waals surface area contributed by atoms with E-state index in [1.807, 2.05) is 30.3 Å². The molecule has 0 fully saturated rings. The van der Waals surface area contributed by atoms with Gasteiger partial charge in [-0.1, -0.05) is 60.7 Å². The number of hydrogen-bond donors (Lipinski definition) is 1. The molecule has 0 radical (unpaired) electrons. The molecule has 0 saturated heterocycles. The molecule has 1 aliphatic rings. The molecular formula is C28H28N4O2. The first-order valence-corrected chi connectivity index (χ1v) is 11.8. The number of para-hydroxylation sites is 1. The van der Waals surface area contributed by atoms with Crippen LogP contribution in [0.1, 0.15) is 35.4 Å². The summed E-state index contributed by atoms with van der Waals surface area (Å²) in [5.74, 6) is 1.10. The Bertz CT molecular complexity index is 1230. The third-order valence-electron chi connectivity index (χ3n) is 6.15. The molecule has 0 bridgehead atoms. The lowest BCUT2D eigenvalue weighted by Gasteiger charge is -2.19. The van der Waals surface area contributed by atoms with E-state index in [9.17, 15) is 4.79 Å².